The second kappa shape index (κ2) is 6.01. The van der Waals surface area contributed by atoms with Crippen LogP contribution in [0.5, 0.6) is 5.75 Å². The fourth-order valence-electron chi connectivity index (χ4n) is 2.08. The summed E-state index contributed by atoms with van der Waals surface area (Å²) in [5.74, 6) is 0.420. The third kappa shape index (κ3) is 3.54. The van der Waals surface area contributed by atoms with Gasteiger partial charge in [-0.1, -0.05) is 24.4 Å². The summed E-state index contributed by atoms with van der Waals surface area (Å²) in [4.78, 5) is 0.170. The van der Waals surface area contributed by atoms with E-state index in [0.717, 1.165) is 22.4 Å². The molecule has 0 bridgehead atoms. The molecule has 104 valence electrons. The van der Waals surface area contributed by atoms with Gasteiger partial charge in [-0.05, 0) is 54.8 Å². The molecule has 2 N–H and O–H groups in total. The van der Waals surface area contributed by atoms with Gasteiger partial charge in [0.2, 0.25) is 0 Å². The molecule has 0 saturated carbocycles. The van der Waals surface area contributed by atoms with E-state index in [0.29, 0.717) is 12.2 Å². The average Bonchev–Trinajstić information content (AvgIpc) is 2.36. The fourth-order valence-corrected chi connectivity index (χ4v) is 2.27. The Morgan fingerprint density at radius 2 is 1.80 bits per heavy atom. The molecule has 0 aliphatic carbocycles. The predicted molar refractivity (Wildman–Crippen MR) is 82.5 cm³/mol. The van der Waals surface area contributed by atoms with Crippen molar-refractivity contribution in [2.45, 2.75) is 20.5 Å². The molecule has 2 nitrogen and oxygen atoms in total. The van der Waals surface area contributed by atoms with E-state index in [1.807, 2.05) is 26.0 Å². The summed E-state index contributed by atoms with van der Waals surface area (Å²) in [6.45, 7) is 4.33. The van der Waals surface area contributed by atoms with Crippen LogP contribution in [-0.2, 0) is 6.61 Å². The van der Waals surface area contributed by atoms with Crippen LogP contribution in [0.25, 0.3) is 0 Å². The number of halogens is 1. The number of thiocarbonyl (C=S) groups is 1. The maximum Gasteiger partial charge on any atom is 0.123 e. The first-order valence-corrected chi connectivity index (χ1v) is 6.66. The first-order chi connectivity index (χ1) is 9.45. The minimum atomic E-state index is -0.358. The zero-order valence-corrected chi connectivity index (χ0v) is 12.3. The fraction of sp³-hybridized carbons (Fsp3) is 0.188. The lowest BCUT2D eigenvalue weighted by Gasteiger charge is -2.11. The summed E-state index contributed by atoms with van der Waals surface area (Å²) < 4.78 is 19.0. The molecule has 0 radical (unpaired) electrons. The van der Waals surface area contributed by atoms with Crippen LogP contribution in [0.1, 0.15) is 22.3 Å². The minimum Gasteiger partial charge on any atom is -0.489 e. The minimum absolute atomic E-state index is 0.170. The van der Waals surface area contributed by atoms with Gasteiger partial charge in [0.15, 0.2) is 0 Å². The highest BCUT2D eigenvalue weighted by molar-refractivity contribution is 7.80. The SMILES string of the molecule is Cc1cc(C)cc(OCc2ccc(F)cc2C(N)=S)c1. The Balaban J connectivity index is 2.20. The van der Waals surface area contributed by atoms with Crippen molar-refractivity contribution in [1.82, 2.24) is 0 Å². The molecule has 20 heavy (non-hydrogen) atoms. The van der Waals surface area contributed by atoms with E-state index in [1.165, 1.54) is 12.1 Å². The summed E-state index contributed by atoms with van der Waals surface area (Å²) in [6, 6.07) is 10.3. The molecule has 2 rings (SSSR count). The maximum atomic E-state index is 13.2. The van der Waals surface area contributed by atoms with Gasteiger partial charge in [0, 0.05) is 5.56 Å². The van der Waals surface area contributed by atoms with Gasteiger partial charge in [-0.25, -0.2) is 4.39 Å². The van der Waals surface area contributed by atoms with Crippen molar-refractivity contribution in [2.75, 3.05) is 0 Å². The third-order valence-corrected chi connectivity index (χ3v) is 3.15. The van der Waals surface area contributed by atoms with Crippen LogP contribution >= 0.6 is 12.2 Å². The van der Waals surface area contributed by atoms with Gasteiger partial charge in [0.1, 0.15) is 23.2 Å². The quantitative estimate of drug-likeness (QED) is 0.873. The molecular weight excluding hydrogens is 273 g/mol. The Bertz CT molecular complexity index is 635. The highest BCUT2D eigenvalue weighted by Gasteiger charge is 2.08. The van der Waals surface area contributed by atoms with Crippen molar-refractivity contribution in [3.8, 4) is 5.75 Å². The van der Waals surface area contributed by atoms with Crippen LogP contribution in [0.15, 0.2) is 36.4 Å². The van der Waals surface area contributed by atoms with E-state index in [2.05, 4.69) is 6.07 Å². The monoisotopic (exact) mass is 289 g/mol. The zero-order chi connectivity index (χ0) is 14.7. The highest BCUT2D eigenvalue weighted by atomic mass is 32.1. The molecule has 0 heterocycles. The summed E-state index contributed by atoms with van der Waals surface area (Å²) in [6.07, 6.45) is 0. The lowest BCUT2D eigenvalue weighted by atomic mass is 10.1. The Hall–Kier alpha value is -1.94. The van der Waals surface area contributed by atoms with Gasteiger partial charge in [0.05, 0.1) is 0 Å². The molecular formula is C16H16FNOS. The molecule has 0 saturated heterocycles. The number of rotatable bonds is 4. The second-order valence-electron chi connectivity index (χ2n) is 4.78. The van der Waals surface area contributed by atoms with Crippen LogP contribution in [-0.4, -0.2) is 4.99 Å². The number of hydrogen-bond donors (Lipinski definition) is 1. The smallest absolute Gasteiger partial charge is 0.123 e. The van der Waals surface area contributed by atoms with Crippen molar-refractivity contribution in [1.29, 1.82) is 0 Å². The summed E-state index contributed by atoms with van der Waals surface area (Å²) in [5, 5.41) is 0. The first kappa shape index (κ1) is 14.5. The summed E-state index contributed by atoms with van der Waals surface area (Å²) in [5.41, 5.74) is 9.17. The van der Waals surface area contributed by atoms with Crippen molar-refractivity contribution in [2.24, 2.45) is 5.73 Å². The molecule has 2 aromatic carbocycles. The lowest BCUT2D eigenvalue weighted by Crippen LogP contribution is -2.14. The van der Waals surface area contributed by atoms with Gasteiger partial charge in [-0.15, -0.1) is 0 Å². The topological polar surface area (TPSA) is 35.2 Å². The van der Waals surface area contributed by atoms with Gasteiger partial charge in [0.25, 0.3) is 0 Å². The Labute approximate surface area is 123 Å². The normalized spacial score (nSPS) is 10.3. The van der Waals surface area contributed by atoms with Gasteiger partial charge in [-0.3, -0.25) is 0 Å². The number of hydrogen-bond acceptors (Lipinski definition) is 2. The first-order valence-electron chi connectivity index (χ1n) is 6.25. The lowest BCUT2D eigenvalue weighted by molar-refractivity contribution is 0.305. The van der Waals surface area contributed by atoms with Crippen molar-refractivity contribution in [3.05, 3.63) is 64.5 Å². The van der Waals surface area contributed by atoms with Gasteiger partial charge in [-0.2, -0.15) is 0 Å². The van der Waals surface area contributed by atoms with E-state index in [4.69, 9.17) is 22.7 Å². The van der Waals surface area contributed by atoms with Crippen molar-refractivity contribution < 1.29 is 9.13 Å². The van der Waals surface area contributed by atoms with Gasteiger partial charge >= 0.3 is 0 Å². The number of aryl methyl sites for hydroxylation is 2. The number of benzene rings is 2. The molecule has 0 aliphatic heterocycles. The van der Waals surface area contributed by atoms with Crippen LogP contribution < -0.4 is 10.5 Å². The van der Waals surface area contributed by atoms with Crippen LogP contribution in [0.4, 0.5) is 4.39 Å². The molecule has 0 unspecified atom stereocenters. The van der Waals surface area contributed by atoms with Crippen LogP contribution in [0.3, 0.4) is 0 Å². The third-order valence-electron chi connectivity index (χ3n) is 2.93. The average molecular weight is 289 g/mol. The molecule has 0 amide bonds. The Kier molecular flexibility index (Phi) is 4.35. The van der Waals surface area contributed by atoms with Crippen LogP contribution in [0.2, 0.25) is 0 Å². The molecule has 2 aromatic rings. The van der Waals surface area contributed by atoms with Crippen molar-refractivity contribution in [3.63, 3.8) is 0 Å². The molecule has 0 spiro atoms. The van der Waals surface area contributed by atoms with Crippen LogP contribution in [0, 0.1) is 19.7 Å². The molecule has 4 heteroatoms. The molecule has 0 atom stereocenters. The Morgan fingerprint density at radius 1 is 1.15 bits per heavy atom. The maximum absolute atomic E-state index is 13.2. The van der Waals surface area contributed by atoms with Gasteiger partial charge < -0.3 is 10.5 Å². The van der Waals surface area contributed by atoms with E-state index in [9.17, 15) is 4.39 Å². The zero-order valence-electron chi connectivity index (χ0n) is 11.4. The standard InChI is InChI=1S/C16H16FNOS/c1-10-5-11(2)7-14(6-10)19-9-12-3-4-13(17)8-15(12)16(18)20/h3-8H,9H2,1-2H3,(H2,18,20). The van der Waals surface area contributed by atoms with Crippen molar-refractivity contribution >= 4 is 17.2 Å². The molecule has 0 aromatic heterocycles. The van der Waals surface area contributed by atoms with E-state index >= 15 is 0 Å². The Morgan fingerprint density at radius 3 is 2.40 bits per heavy atom. The molecule has 0 aliphatic rings. The van der Waals surface area contributed by atoms with E-state index in [-0.39, 0.29) is 10.8 Å². The summed E-state index contributed by atoms with van der Waals surface area (Å²) in [7, 11) is 0. The summed E-state index contributed by atoms with van der Waals surface area (Å²) >= 11 is 4.94. The predicted octanol–water partition coefficient (Wildman–Crippen LogP) is 3.66. The number of nitrogens with two attached hydrogens (primary N) is 1. The number of ether oxygens (including phenoxy) is 1. The van der Waals surface area contributed by atoms with E-state index in [1.54, 1.807) is 6.07 Å². The van der Waals surface area contributed by atoms with E-state index < -0.39 is 0 Å². The largest absolute Gasteiger partial charge is 0.489 e. The molecule has 0 fully saturated rings. The highest BCUT2D eigenvalue weighted by Crippen LogP contribution is 2.19. The second-order valence-corrected chi connectivity index (χ2v) is 5.22.